The van der Waals surface area contributed by atoms with Crippen LogP contribution in [0.1, 0.15) is 20.3 Å². The Balaban J connectivity index is 0.000000212. The highest BCUT2D eigenvalue weighted by atomic mass is 16.6. The van der Waals surface area contributed by atoms with E-state index in [-0.39, 0.29) is 13.4 Å². The molecule has 0 spiro atoms. The summed E-state index contributed by atoms with van der Waals surface area (Å²) in [6.07, 6.45) is 1.22. The van der Waals surface area contributed by atoms with Crippen molar-refractivity contribution >= 4 is 5.97 Å². The van der Waals surface area contributed by atoms with Gasteiger partial charge in [0.2, 0.25) is 0 Å². The molecule has 64 valence electrons. The third kappa shape index (κ3) is 5.61. The Labute approximate surface area is 67.0 Å². The van der Waals surface area contributed by atoms with Gasteiger partial charge in [0.1, 0.15) is 5.76 Å². The number of epoxide rings is 1. The van der Waals surface area contributed by atoms with Crippen LogP contribution >= 0.6 is 0 Å². The second-order valence-electron chi connectivity index (χ2n) is 2.13. The fourth-order valence-electron chi connectivity index (χ4n) is 0.505. The van der Waals surface area contributed by atoms with E-state index in [1.807, 2.05) is 0 Å². The molecule has 2 aliphatic rings. The number of rotatable bonds is 0. The monoisotopic (exact) mass is 158 g/mol. The molecule has 0 aromatic carbocycles. The van der Waals surface area contributed by atoms with Crippen LogP contribution < -0.4 is 0 Å². The summed E-state index contributed by atoms with van der Waals surface area (Å²) in [5.41, 5.74) is 0. The van der Waals surface area contributed by atoms with E-state index in [9.17, 15) is 4.79 Å². The van der Waals surface area contributed by atoms with Gasteiger partial charge in [0, 0.05) is 6.42 Å². The Morgan fingerprint density at radius 1 is 1.27 bits per heavy atom. The maximum absolute atomic E-state index is 10.2. The topological polar surface area (TPSA) is 38.8 Å². The van der Waals surface area contributed by atoms with Crippen molar-refractivity contribution in [3.63, 3.8) is 0 Å². The van der Waals surface area contributed by atoms with E-state index in [0.29, 0.717) is 18.6 Å². The highest BCUT2D eigenvalue weighted by Crippen LogP contribution is 2.13. The van der Waals surface area contributed by atoms with Crippen molar-refractivity contribution in [1.29, 1.82) is 0 Å². The Kier molecular flexibility index (Phi) is 4.54. The minimum Gasteiger partial charge on any atom is -0.432 e. The summed E-state index contributed by atoms with van der Waals surface area (Å²) in [6, 6.07) is 0. The van der Waals surface area contributed by atoms with Crippen LogP contribution in [0.4, 0.5) is 0 Å². The third-order valence-corrected chi connectivity index (χ3v) is 1.07. The molecule has 0 N–H and O–H groups in total. The van der Waals surface area contributed by atoms with E-state index < -0.39 is 0 Å². The largest absolute Gasteiger partial charge is 0.432 e. The minimum atomic E-state index is -0.148. The minimum absolute atomic E-state index is 0. The van der Waals surface area contributed by atoms with Crippen LogP contribution in [-0.4, -0.2) is 19.2 Å². The predicted molar refractivity (Wildman–Crippen MR) is 42.0 cm³/mol. The van der Waals surface area contributed by atoms with Crippen molar-refractivity contribution in [1.82, 2.24) is 0 Å². The van der Waals surface area contributed by atoms with E-state index in [4.69, 9.17) is 0 Å². The summed E-state index contributed by atoms with van der Waals surface area (Å²) >= 11 is 0. The van der Waals surface area contributed by atoms with E-state index >= 15 is 0 Å². The lowest BCUT2D eigenvalue weighted by Gasteiger charge is -1.85. The molecule has 11 heavy (non-hydrogen) atoms. The summed E-state index contributed by atoms with van der Waals surface area (Å²) in [5.74, 6) is 0.454. The molecule has 2 saturated heterocycles. The quantitative estimate of drug-likeness (QED) is 0.396. The van der Waals surface area contributed by atoms with Gasteiger partial charge in [0.25, 0.3) is 0 Å². The molecule has 0 aromatic rings. The third-order valence-electron chi connectivity index (χ3n) is 1.07. The van der Waals surface area contributed by atoms with Crippen LogP contribution in [0.15, 0.2) is 12.3 Å². The molecule has 0 bridgehead atoms. The molecule has 0 saturated carbocycles. The first-order valence-electron chi connectivity index (χ1n) is 3.25. The van der Waals surface area contributed by atoms with Gasteiger partial charge >= 0.3 is 5.97 Å². The van der Waals surface area contributed by atoms with Crippen molar-refractivity contribution in [2.24, 2.45) is 0 Å². The van der Waals surface area contributed by atoms with Crippen LogP contribution in [0.2, 0.25) is 0 Å². The highest BCUT2D eigenvalue weighted by molar-refractivity contribution is 5.73. The number of carbonyl (C=O) groups is 1. The van der Waals surface area contributed by atoms with E-state index in [0.717, 1.165) is 13.2 Å². The number of hydrogen-bond acceptors (Lipinski definition) is 3. The summed E-state index contributed by atoms with van der Waals surface area (Å²) < 4.78 is 9.03. The molecular weight excluding hydrogens is 144 g/mol. The number of esters is 1. The van der Waals surface area contributed by atoms with Gasteiger partial charge in [-0.1, -0.05) is 14.0 Å². The van der Waals surface area contributed by atoms with Crippen molar-refractivity contribution in [2.45, 2.75) is 20.3 Å². The van der Waals surface area contributed by atoms with Crippen molar-refractivity contribution in [3.05, 3.63) is 12.3 Å². The second kappa shape index (κ2) is 4.91. The molecule has 2 aliphatic heterocycles. The molecule has 0 radical (unpaired) electrons. The summed E-state index contributed by atoms with van der Waals surface area (Å²) in [6.45, 7) is 5.46. The molecule has 2 rings (SSSR count). The second-order valence-corrected chi connectivity index (χ2v) is 2.13. The fourth-order valence-corrected chi connectivity index (χ4v) is 0.505. The van der Waals surface area contributed by atoms with Crippen LogP contribution in [0.3, 0.4) is 0 Å². The van der Waals surface area contributed by atoms with Gasteiger partial charge in [-0.15, -0.1) is 0 Å². The van der Waals surface area contributed by atoms with E-state index in [1.165, 1.54) is 0 Å². The molecular formula is C8H14O3. The predicted octanol–water partition coefficient (Wildman–Crippen LogP) is 1.49. The number of allylic oxidation sites excluding steroid dienone is 1. The van der Waals surface area contributed by atoms with Gasteiger partial charge in [0.05, 0.1) is 19.6 Å². The van der Waals surface area contributed by atoms with Crippen molar-refractivity contribution < 1.29 is 14.3 Å². The highest BCUT2D eigenvalue weighted by Gasteiger charge is 2.13. The van der Waals surface area contributed by atoms with Gasteiger partial charge in [-0.2, -0.15) is 0 Å². The molecule has 2 heterocycles. The number of carbonyl (C=O) groups excluding carboxylic acids is 1. The lowest BCUT2D eigenvalue weighted by Crippen LogP contribution is -1.87. The van der Waals surface area contributed by atoms with Crippen LogP contribution in [0.25, 0.3) is 0 Å². The maximum atomic E-state index is 10.2. The molecule has 0 unspecified atom stereocenters. The zero-order chi connectivity index (χ0) is 7.40. The van der Waals surface area contributed by atoms with E-state index in [1.54, 1.807) is 0 Å². The van der Waals surface area contributed by atoms with Crippen molar-refractivity contribution in [2.75, 3.05) is 13.2 Å². The summed E-state index contributed by atoms with van der Waals surface area (Å²) in [5, 5.41) is 0. The van der Waals surface area contributed by atoms with Crippen LogP contribution in [0, 0.1) is 0 Å². The van der Waals surface area contributed by atoms with E-state index in [2.05, 4.69) is 16.1 Å². The fraction of sp³-hybridized carbons (Fsp3) is 0.625. The normalized spacial score (nSPS) is 19.3. The molecule has 0 aromatic heterocycles. The molecule has 2 fully saturated rings. The Hall–Kier alpha value is -0.830. The molecule has 0 aliphatic carbocycles. The number of hydrogen-bond donors (Lipinski definition) is 0. The first-order chi connectivity index (χ1) is 4.79. The SMILES string of the molecule is C.C1CO1.C=C1CCC(=O)O1. The van der Waals surface area contributed by atoms with Crippen LogP contribution in [0.5, 0.6) is 0 Å². The molecule has 0 atom stereocenters. The molecule has 0 amide bonds. The van der Waals surface area contributed by atoms with Crippen molar-refractivity contribution in [3.8, 4) is 0 Å². The summed E-state index contributed by atoms with van der Waals surface area (Å²) in [7, 11) is 0. The zero-order valence-corrected chi connectivity index (χ0v) is 5.76. The Bertz CT molecular complexity index is 133. The van der Waals surface area contributed by atoms with Gasteiger partial charge in [-0.05, 0) is 0 Å². The van der Waals surface area contributed by atoms with Gasteiger partial charge in [-0.25, -0.2) is 0 Å². The average molecular weight is 158 g/mol. The first kappa shape index (κ1) is 10.2. The Morgan fingerprint density at radius 3 is 1.91 bits per heavy atom. The maximum Gasteiger partial charge on any atom is 0.311 e. The average Bonchev–Trinajstić information content (AvgIpc) is 2.67. The molecule has 3 nitrogen and oxygen atoms in total. The smallest absolute Gasteiger partial charge is 0.311 e. The molecule has 3 heteroatoms. The number of ether oxygens (including phenoxy) is 2. The standard InChI is InChI=1S/C5H6O2.C2H4O.CH4/c1-4-2-3-5(6)7-4;1-2-3-1;/h1-3H2;1-2H2;1H4. The first-order valence-corrected chi connectivity index (χ1v) is 3.25. The summed E-state index contributed by atoms with van der Waals surface area (Å²) in [4.78, 5) is 10.2. The van der Waals surface area contributed by atoms with Gasteiger partial charge < -0.3 is 9.47 Å². The lowest BCUT2D eigenvalue weighted by atomic mass is 10.3. The zero-order valence-electron chi connectivity index (χ0n) is 5.76. The lowest BCUT2D eigenvalue weighted by molar-refractivity contribution is -0.135. The van der Waals surface area contributed by atoms with Crippen LogP contribution in [-0.2, 0) is 14.3 Å². The Morgan fingerprint density at radius 2 is 1.82 bits per heavy atom. The number of cyclic esters (lactones) is 1. The van der Waals surface area contributed by atoms with Gasteiger partial charge in [0.15, 0.2) is 0 Å². The van der Waals surface area contributed by atoms with Gasteiger partial charge in [-0.3, -0.25) is 4.79 Å².